The molecule has 1 saturated carbocycles. The van der Waals surface area contributed by atoms with Gasteiger partial charge in [0.05, 0.1) is 6.61 Å². The molecule has 0 radical (unpaired) electrons. The third kappa shape index (κ3) is 4.99. The highest BCUT2D eigenvalue weighted by Gasteiger charge is 2.27. The Balaban J connectivity index is 1.97. The Morgan fingerprint density at radius 2 is 2.10 bits per heavy atom. The number of hydrogen-bond donors (Lipinski definition) is 1. The summed E-state index contributed by atoms with van der Waals surface area (Å²) in [6.07, 6.45) is 6.10. The highest BCUT2D eigenvalue weighted by Crippen LogP contribution is 2.39. The van der Waals surface area contributed by atoms with Gasteiger partial charge in [-0.05, 0) is 25.2 Å². The van der Waals surface area contributed by atoms with E-state index in [-0.39, 0.29) is 0 Å². The van der Waals surface area contributed by atoms with Crippen LogP contribution in [0.5, 0.6) is 5.88 Å². The molecule has 2 rings (SSSR count). The second-order valence-electron chi connectivity index (χ2n) is 6.06. The minimum atomic E-state index is 0.510. The number of nitrogens with zero attached hydrogens (tertiary/aromatic N) is 2. The Hall–Kier alpha value is -1.32. The van der Waals surface area contributed by atoms with Crippen LogP contribution in [0.4, 0.5) is 5.82 Å². The molecule has 0 aromatic carbocycles. The molecule has 1 aromatic heterocycles. The van der Waals surface area contributed by atoms with Crippen LogP contribution in [-0.4, -0.2) is 23.1 Å². The van der Waals surface area contributed by atoms with Crippen LogP contribution in [0.3, 0.4) is 0 Å². The molecule has 0 amide bonds. The minimum Gasteiger partial charge on any atom is -0.477 e. The van der Waals surface area contributed by atoms with Gasteiger partial charge in [-0.3, -0.25) is 0 Å². The third-order valence-electron chi connectivity index (χ3n) is 3.31. The van der Waals surface area contributed by atoms with Gasteiger partial charge in [-0.1, -0.05) is 33.6 Å². The molecule has 4 heteroatoms. The number of ether oxygens (including phenoxy) is 1. The van der Waals surface area contributed by atoms with Gasteiger partial charge in [-0.15, -0.1) is 0 Å². The first-order valence-corrected chi connectivity index (χ1v) is 7.94. The van der Waals surface area contributed by atoms with Gasteiger partial charge >= 0.3 is 0 Å². The van der Waals surface area contributed by atoms with E-state index in [1.54, 1.807) is 0 Å². The van der Waals surface area contributed by atoms with Crippen LogP contribution in [0, 0.1) is 5.92 Å². The molecule has 1 fully saturated rings. The highest BCUT2D eigenvalue weighted by atomic mass is 16.5. The first-order valence-electron chi connectivity index (χ1n) is 7.94. The first kappa shape index (κ1) is 15.1. The molecule has 1 aliphatic rings. The molecule has 1 aliphatic carbocycles. The number of hydrogen-bond acceptors (Lipinski definition) is 4. The Kier molecular flexibility index (Phi) is 5.62. The average molecular weight is 277 g/mol. The zero-order chi connectivity index (χ0) is 14.4. The van der Waals surface area contributed by atoms with Crippen LogP contribution in [-0.2, 0) is 0 Å². The van der Waals surface area contributed by atoms with Gasteiger partial charge in [0.15, 0.2) is 0 Å². The van der Waals surface area contributed by atoms with Crippen molar-refractivity contribution >= 4 is 5.82 Å². The van der Waals surface area contributed by atoms with Crippen LogP contribution in [0.25, 0.3) is 0 Å². The van der Waals surface area contributed by atoms with Crippen molar-refractivity contribution in [1.82, 2.24) is 9.97 Å². The molecule has 1 N–H and O–H groups in total. The molecule has 112 valence electrons. The van der Waals surface area contributed by atoms with E-state index in [1.807, 2.05) is 6.07 Å². The molecule has 20 heavy (non-hydrogen) atoms. The largest absolute Gasteiger partial charge is 0.477 e. The first-order chi connectivity index (χ1) is 9.69. The third-order valence-corrected chi connectivity index (χ3v) is 3.31. The van der Waals surface area contributed by atoms with E-state index in [0.717, 1.165) is 18.2 Å². The summed E-state index contributed by atoms with van der Waals surface area (Å²) in [6, 6.07) is 1.93. The van der Waals surface area contributed by atoms with E-state index in [0.29, 0.717) is 24.3 Å². The summed E-state index contributed by atoms with van der Waals surface area (Å²) in [6.45, 7) is 8.18. The van der Waals surface area contributed by atoms with Crippen LogP contribution < -0.4 is 10.1 Å². The monoisotopic (exact) mass is 277 g/mol. The van der Waals surface area contributed by atoms with Gasteiger partial charge in [0.2, 0.25) is 5.88 Å². The maximum absolute atomic E-state index is 5.76. The van der Waals surface area contributed by atoms with E-state index >= 15 is 0 Å². The Morgan fingerprint density at radius 3 is 2.75 bits per heavy atom. The predicted molar refractivity (Wildman–Crippen MR) is 82.4 cm³/mol. The van der Waals surface area contributed by atoms with Crippen LogP contribution in [0.2, 0.25) is 0 Å². The molecule has 0 saturated heterocycles. The van der Waals surface area contributed by atoms with E-state index < -0.39 is 0 Å². The normalized spacial score (nSPS) is 14.6. The van der Waals surface area contributed by atoms with Gasteiger partial charge in [-0.25, -0.2) is 4.98 Å². The van der Waals surface area contributed by atoms with Crippen molar-refractivity contribution in [2.24, 2.45) is 5.92 Å². The lowest BCUT2D eigenvalue weighted by atomic mass is 10.2. The fourth-order valence-corrected chi connectivity index (χ4v) is 1.97. The summed E-state index contributed by atoms with van der Waals surface area (Å²) >= 11 is 0. The summed E-state index contributed by atoms with van der Waals surface area (Å²) in [5.41, 5.74) is 0. The van der Waals surface area contributed by atoms with Crippen molar-refractivity contribution in [3.63, 3.8) is 0 Å². The van der Waals surface area contributed by atoms with Crippen molar-refractivity contribution in [2.75, 3.05) is 18.5 Å². The maximum atomic E-state index is 5.76. The van der Waals surface area contributed by atoms with Crippen molar-refractivity contribution in [1.29, 1.82) is 0 Å². The van der Waals surface area contributed by atoms with E-state index in [9.17, 15) is 0 Å². The fraction of sp³-hybridized carbons (Fsp3) is 0.750. The standard InChI is InChI=1S/C16H27N3O/c1-4-5-6-9-17-14-10-15(20-11-12(2)3)19-16(18-14)13-7-8-13/h10,12-13H,4-9,11H2,1-3H3,(H,17,18,19). The lowest BCUT2D eigenvalue weighted by molar-refractivity contribution is 0.260. The smallest absolute Gasteiger partial charge is 0.218 e. The summed E-state index contributed by atoms with van der Waals surface area (Å²) in [4.78, 5) is 9.16. The second-order valence-corrected chi connectivity index (χ2v) is 6.06. The lowest BCUT2D eigenvalue weighted by Gasteiger charge is -2.12. The number of nitrogens with one attached hydrogen (secondary N) is 1. The Morgan fingerprint density at radius 1 is 1.30 bits per heavy atom. The van der Waals surface area contributed by atoms with Gasteiger partial charge in [0.1, 0.15) is 11.6 Å². The van der Waals surface area contributed by atoms with Gasteiger partial charge in [-0.2, -0.15) is 4.98 Å². The van der Waals surface area contributed by atoms with Gasteiger partial charge in [0.25, 0.3) is 0 Å². The molecular weight excluding hydrogens is 250 g/mol. The topological polar surface area (TPSA) is 47.0 Å². The van der Waals surface area contributed by atoms with Crippen molar-refractivity contribution in [3.8, 4) is 5.88 Å². The lowest BCUT2D eigenvalue weighted by Crippen LogP contribution is -2.10. The molecule has 1 heterocycles. The predicted octanol–water partition coefficient (Wildman–Crippen LogP) is 3.99. The fourth-order valence-electron chi connectivity index (χ4n) is 1.97. The molecule has 0 bridgehead atoms. The number of unbranched alkanes of at least 4 members (excludes halogenated alkanes) is 2. The zero-order valence-corrected chi connectivity index (χ0v) is 13.0. The van der Waals surface area contributed by atoms with E-state index in [1.165, 1.54) is 32.1 Å². The molecule has 0 unspecified atom stereocenters. The van der Waals surface area contributed by atoms with Crippen LogP contribution >= 0.6 is 0 Å². The highest BCUT2D eigenvalue weighted by molar-refractivity contribution is 5.39. The maximum Gasteiger partial charge on any atom is 0.218 e. The van der Waals surface area contributed by atoms with Crippen molar-refractivity contribution in [2.45, 2.75) is 58.8 Å². The molecular formula is C16H27N3O. The zero-order valence-electron chi connectivity index (χ0n) is 13.0. The summed E-state index contributed by atoms with van der Waals surface area (Å²) in [5, 5.41) is 3.40. The van der Waals surface area contributed by atoms with Gasteiger partial charge < -0.3 is 10.1 Å². The van der Waals surface area contributed by atoms with Crippen molar-refractivity contribution in [3.05, 3.63) is 11.9 Å². The second kappa shape index (κ2) is 7.46. The number of aromatic nitrogens is 2. The van der Waals surface area contributed by atoms with Crippen LogP contribution in [0.1, 0.15) is 64.6 Å². The Labute approximate surface area is 122 Å². The molecule has 1 aromatic rings. The molecule has 0 aliphatic heterocycles. The number of rotatable bonds is 9. The minimum absolute atomic E-state index is 0.510. The van der Waals surface area contributed by atoms with Gasteiger partial charge in [0, 0.05) is 18.5 Å². The van der Waals surface area contributed by atoms with Crippen molar-refractivity contribution < 1.29 is 4.74 Å². The SMILES string of the molecule is CCCCCNc1cc(OCC(C)C)nc(C2CC2)n1. The van der Waals surface area contributed by atoms with Crippen LogP contribution in [0.15, 0.2) is 6.07 Å². The number of anilines is 1. The molecule has 0 atom stereocenters. The summed E-state index contributed by atoms with van der Waals surface area (Å²) in [7, 11) is 0. The van der Waals surface area contributed by atoms with E-state index in [2.05, 4.69) is 36.1 Å². The van der Waals surface area contributed by atoms with E-state index in [4.69, 9.17) is 4.74 Å². The average Bonchev–Trinajstić information content (AvgIpc) is 3.26. The summed E-state index contributed by atoms with van der Waals surface area (Å²) < 4.78 is 5.76. The Bertz CT molecular complexity index is 416. The molecule has 0 spiro atoms. The summed E-state index contributed by atoms with van der Waals surface area (Å²) in [5.74, 6) is 3.64. The quantitative estimate of drug-likeness (QED) is 0.693. The molecule has 4 nitrogen and oxygen atoms in total.